The third-order valence-electron chi connectivity index (χ3n) is 2.76. The van der Waals surface area contributed by atoms with E-state index in [2.05, 4.69) is 15.2 Å². The van der Waals surface area contributed by atoms with Gasteiger partial charge in [0.05, 0.1) is 5.25 Å². The predicted molar refractivity (Wildman–Crippen MR) is 75.0 cm³/mol. The number of nitrogens with one attached hydrogen (secondary N) is 1. The summed E-state index contributed by atoms with van der Waals surface area (Å²) in [5.41, 5.74) is 6.87. The van der Waals surface area contributed by atoms with Crippen molar-refractivity contribution < 1.29 is 0 Å². The lowest BCUT2D eigenvalue weighted by Crippen LogP contribution is -2.23. The summed E-state index contributed by atoms with van der Waals surface area (Å²) in [6, 6.07) is 3.78. The van der Waals surface area contributed by atoms with Crippen molar-refractivity contribution >= 4 is 11.8 Å². The number of hydrogen-bond acceptors (Lipinski definition) is 5. The number of hydrogen-bond donors (Lipinski definition) is 2. The molecule has 19 heavy (non-hydrogen) atoms. The minimum atomic E-state index is -0.195. The van der Waals surface area contributed by atoms with Crippen LogP contribution < -0.4 is 11.4 Å². The number of thioether (sulfide) groups is 1. The van der Waals surface area contributed by atoms with Crippen LogP contribution >= 0.6 is 11.8 Å². The SMILES string of the molecule is CCn1c(SC(c2cccnc2)C(C)N)n[nH]c1=O. The topological polar surface area (TPSA) is 89.6 Å². The molecular formula is C12H17N5OS. The van der Waals surface area contributed by atoms with Crippen LogP contribution in [0.15, 0.2) is 34.5 Å². The summed E-state index contributed by atoms with van der Waals surface area (Å²) in [6.45, 7) is 4.42. The van der Waals surface area contributed by atoms with Gasteiger partial charge in [-0.15, -0.1) is 5.10 Å². The molecule has 3 N–H and O–H groups in total. The number of nitrogens with two attached hydrogens (primary N) is 1. The third kappa shape index (κ3) is 3.05. The van der Waals surface area contributed by atoms with Crippen molar-refractivity contribution in [2.24, 2.45) is 5.73 Å². The summed E-state index contributed by atoms with van der Waals surface area (Å²) in [4.78, 5) is 15.7. The highest BCUT2D eigenvalue weighted by molar-refractivity contribution is 7.99. The van der Waals surface area contributed by atoms with E-state index < -0.39 is 0 Å². The van der Waals surface area contributed by atoms with Gasteiger partial charge in [0, 0.05) is 25.0 Å². The predicted octanol–water partition coefficient (Wildman–Crippen LogP) is 1.17. The fourth-order valence-corrected chi connectivity index (χ4v) is 2.96. The van der Waals surface area contributed by atoms with Crippen molar-refractivity contribution in [2.75, 3.05) is 0 Å². The van der Waals surface area contributed by atoms with E-state index >= 15 is 0 Å². The number of rotatable bonds is 5. The van der Waals surface area contributed by atoms with Gasteiger partial charge >= 0.3 is 5.69 Å². The van der Waals surface area contributed by atoms with Gasteiger partial charge in [-0.2, -0.15) is 0 Å². The van der Waals surface area contributed by atoms with Crippen molar-refractivity contribution in [3.05, 3.63) is 40.6 Å². The zero-order valence-corrected chi connectivity index (χ0v) is 11.7. The summed E-state index contributed by atoms with van der Waals surface area (Å²) >= 11 is 1.48. The molecule has 6 nitrogen and oxygen atoms in total. The monoisotopic (exact) mass is 279 g/mol. The van der Waals surface area contributed by atoms with E-state index in [4.69, 9.17) is 5.73 Å². The quantitative estimate of drug-likeness (QED) is 0.802. The van der Waals surface area contributed by atoms with Crippen LogP contribution in [0, 0.1) is 0 Å². The van der Waals surface area contributed by atoms with Crippen molar-refractivity contribution in [1.29, 1.82) is 0 Å². The molecule has 2 aromatic heterocycles. The van der Waals surface area contributed by atoms with E-state index in [9.17, 15) is 4.79 Å². The molecule has 0 saturated carbocycles. The van der Waals surface area contributed by atoms with Crippen molar-refractivity contribution in [2.45, 2.75) is 36.8 Å². The Morgan fingerprint density at radius 2 is 2.37 bits per heavy atom. The average molecular weight is 279 g/mol. The molecule has 7 heteroatoms. The largest absolute Gasteiger partial charge is 0.343 e. The van der Waals surface area contributed by atoms with Crippen LogP contribution in [-0.4, -0.2) is 25.8 Å². The Bertz CT molecular complexity index is 577. The lowest BCUT2D eigenvalue weighted by Gasteiger charge is -2.19. The highest BCUT2D eigenvalue weighted by atomic mass is 32.2. The molecule has 0 bridgehead atoms. The normalized spacial score (nSPS) is 14.3. The number of aromatic amines is 1. The number of pyridine rings is 1. The van der Waals surface area contributed by atoms with E-state index in [-0.39, 0.29) is 17.0 Å². The highest BCUT2D eigenvalue weighted by Crippen LogP contribution is 2.35. The van der Waals surface area contributed by atoms with Gasteiger partial charge in [-0.25, -0.2) is 9.89 Å². The van der Waals surface area contributed by atoms with Gasteiger partial charge in [0.1, 0.15) is 0 Å². The third-order valence-corrected chi connectivity index (χ3v) is 4.24. The molecule has 2 rings (SSSR count). The maximum atomic E-state index is 11.5. The lowest BCUT2D eigenvalue weighted by molar-refractivity contribution is 0.651. The van der Waals surface area contributed by atoms with Crippen LogP contribution in [0.4, 0.5) is 0 Å². The Morgan fingerprint density at radius 1 is 1.58 bits per heavy atom. The molecule has 2 unspecified atom stereocenters. The molecule has 2 aromatic rings. The number of H-pyrrole nitrogens is 1. The fraction of sp³-hybridized carbons (Fsp3) is 0.417. The molecular weight excluding hydrogens is 262 g/mol. The molecule has 0 aromatic carbocycles. The van der Waals surface area contributed by atoms with Gasteiger partial charge in [-0.05, 0) is 25.5 Å². The zero-order valence-electron chi connectivity index (χ0n) is 10.9. The maximum absolute atomic E-state index is 11.5. The van der Waals surface area contributed by atoms with E-state index in [1.54, 1.807) is 17.0 Å². The van der Waals surface area contributed by atoms with Crippen LogP contribution in [0.25, 0.3) is 0 Å². The average Bonchev–Trinajstić information content (AvgIpc) is 2.77. The number of nitrogens with zero attached hydrogens (tertiary/aromatic N) is 3. The number of aromatic nitrogens is 4. The lowest BCUT2D eigenvalue weighted by atomic mass is 10.1. The molecule has 2 atom stereocenters. The Morgan fingerprint density at radius 3 is 2.95 bits per heavy atom. The Kier molecular flexibility index (Phi) is 4.39. The minimum absolute atomic E-state index is 0.00852. The summed E-state index contributed by atoms with van der Waals surface area (Å²) < 4.78 is 1.59. The summed E-state index contributed by atoms with van der Waals surface area (Å²) in [5.74, 6) is 0. The minimum Gasteiger partial charge on any atom is -0.327 e. The van der Waals surface area contributed by atoms with Gasteiger partial charge in [0.15, 0.2) is 5.16 Å². The van der Waals surface area contributed by atoms with Crippen LogP contribution in [-0.2, 0) is 6.54 Å². The molecule has 2 heterocycles. The van der Waals surface area contributed by atoms with E-state index in [1.807, 2.05) is 26.0 Å². The first kappa shape index (κ1) is 13.8. The molecule has 0 aliphatic heterocycles. The van der Waals surface area contributed by atoms with Crippen LogP contribution in [0.3, 0.4) is 0 Å². The molecule has 0 fully saturated rings. The smallest absolute Gasteiger partial charge is 0.327 e. The second-order valence-electron chi connectivity index (χ2n) is 4.24. The van der Waals surface area contributed by atoms with Gasteiger partial charge in [0.2, 0.25) is 0 Å². The van der Waals surface area contributed by atoms with Crippen LogP contribution in [0.5, 0.6) is 0 Å². The summed E-state index contributed by atoms with van der Waals surface area (Å²) in [7, 11) is 0. The van der Waals surface area contributed by atoms with Gasteiger partial charge < -0.3 is 5.73 Å². The van der Waals surface area contributed by atoms with Crippen molar-refractivity contribution in [3.63, 3.8) is 0 Å². The molecule has 102 valence electrons. The van der Waals surface area contributed by atoms with E-state index in [0.717, 1.165) is 5.56 Å². The van der Waals surface area contributed by atoms with Gasteiger partial charge in [0.25, 0.3) is 0 Å². The fourth-order valence-electron chi connectivity index (χ4n) is 1.81. The molecule has 0 aliphatic rings. The molecule has 0 amide bonds. The second kappa shape index (κ2) is 6.03. The first-order valence-corrected chi connectivity index (χ1v) is 6.98. The van der Waals surface area contributed by atoms with Gasteiger partial charge in [-0.1, -0.05) is 17.8 Å². The Labute approximate surface area is 115 Å². The maximum Gasteiger partial charge on any atom is 0.343 e. The Hall–Kier alpha value is -1.60. The summed E-state index contributed by atoms with van der Waals surface area (Å²) in [5, 5.41) is 7.17. The van der Waals surface area contributed by atoms with Crippen LogP contribution in [0.1, 0.15) is 24.7 Å². The van der Waals surface area contributed by atoms with Crippen LogP contribution in [0.2, 0.25) is 0 Å². The second-order valence-corrected chi connectivity index (χ2v) is 5.35. The first-order chi connectivity index (χ1) is 9.13. The Balaban J connectivity index is 2.29. The zero-order chi connectivity index (χ0) is 13.8. The standard InChI is InChI=1S/C12H17N5OS/c1-3-17-11(18)15-16-12(17)19-10(8(2)13)9-5-4-6-14-7-9/h4-8,10H,3,13H2,1-2H3,(H,15,18). The van der Waals surface area contributed by atoms with Crippen molar-refractivity contribution in [1.82, 2.24) is 19.7 Å². The molecule has 0 saturated heterocycles. The first-order valence-electron chi connectivity index (χ1n) is 6.10. The molecule has 0 spiro atoms. The van der Waals surface area contributed by atoms with E-state index in [0.29, 0.717) is 11.7 Å². The van der Waals surface area contributed by atoms with Gasteiger partial charge in [-0.3, -0.25) is 9.55 Å². The molecule has 0 radical (unpaired) electrons. The highest BCUT2D eigenvalue weighted by Gasteiger charge is 2.21. The molecule has 0 aliphatic carbocycles. The van der Waals surface area contributed by atoms with E-state index in [1.165, 1.54) is 11.8 Å². The van der Waals surface area contributed by atoms with Crippen molar-refractivity contribution in [3.8, 4) is 0 Å². The summed E-state index contributed by atoms with van der Waals surface area (Å²) in [6.07, 6.45) is 3.52.